The van der Waals surface area contributed by atoms with E-state index >= 15 is 0 Å². The van der Waals surface area contributed by atoms with Gasteiger partial charge in [0.1, 0.15) is 0 Å². The topological polar surface area (TPSA) is 48.7 Å². The maximum atomic E-state index is 12.8. The van der Waals surface area contributed by atoms with Gasteiger partial charge in [0.05, 0.1) is 17.5 Å². The Morgan fingerprint density at radius 3 is 2.44 bits per heavy atom. The van der Waals surface area contributed by atoms with Crippen molar-refractivity contribution in [3.63, 3.8) is 0 Å². The number of halogens is 3. The highest BCUT2D eigenvalue weighted by atomic mass is 19.4. The standard InChI is InChI=1S/C19H16F3N3O2/c1-3-14(18-26-11(2)27-18)16-8-9-23-17-15(10-24-25(16)17)12-4-6-13(7-5-12)19(20,21)22/h3-11,18H,1-2H3/b14-3+. The monoisotopic (exact) mass is 375 g/mol. The van der Waals surface area contributed by atoms with Gasteiger partial charge < -0.3 is 9.47 Å². The third kappa shape index (κ3) is 3.11. The SMILES string of the molecule is C/C=C(\c1ccnc2c(-c3ccc(C(F)(F)F)cc3)cnn12)C1OC(C)O1. The van der Waals surface area contributed by atoms with Crippen molar-refractivity contribution in [3.8, 4) is 11.1 Å². The fourth-order valence-corrected chi connectivity index (χ4v) is 3.06. The number of benzene rings is 1. The highest BCUT2D eigenvalue weighted by Gasteiger charge is 2.32. The van der Waals surface area contributed by atoms with Crippen molar-refractivity contribution in [2.75, 3.05) is 0 Å². The van der Waals surface area contributed by atoms with Gasteiger partial charge in [-0.2, -0.15) is 18.3 Å². The number of rotatable bonds is 3. The number of hydrogen-bond donors (Lipinski definition) is 0. The molecule has 0 saturated carbocycles. The molecular weight excluding hydrogens is 359 g/mol. The quantitative estimate of drug-likeness (QED) is 0.675. The zero-order valence-electron chi connectivity index (χ0n) is 14.6. The molecule has 3 heterocycles. The lowest BCUT2D eigenvalue weighted by molar-refractivity contribution is -0.349. The van der Waals surface area contributed by atoms with E-state index in [-0.39, 0.29) is 6.29 Å². The molecule has 0 aliphatic carbocycles. The van der Waals surface area contributed by atoms with Crippen molar-refractivity contribution >= 4 is 11.2 Å². The van der Waals surface area contributed by atoms with Crippen LogP contribution in [-0.2, 0) is 15.7 Å². The lowest BCUT2D eigenvalue weighted by Gasteiger charge is -2.35. The second-order valence-electron chi connectivity index (χ2n) is 6.11. The van der Waals surface area contributed by atoms with E-state index in [1.54, 1.807) is 23.0 Å². The van der Waals surface area contributed by atoms with E-state index in [1.807, 2.05) is 19.9 Å². The maximum Gasteiger partial charge on any atom is 0.416 e. The first-order valence-corrected chi connectivity index (χ1v) is 8.36. The number of allylic oxidation sites excluding steroid dienone is 1. The normalized spacial score (nSPS) is 20.7. The molecule has 0 amide bonds. The molecule has 140 valence electrons. The average molecular weight is 375 g/mol. The van der Waals surface area contributed by atoms with Gasteiger partial charge in [-0.15, -0.1) is 0 Å². The van der Waals surface area contributed by atoms with Crippen LogP contribution >= 0.6 is 0 Å². The third-order valence-corrected chi connectivity index (χ3v) is 4.42. The summed E-state index contributed by atoms with van der Waals surface area (Å²) in [7, 11) is 0. The van der Waals surface area contributed by atoms with Crippen molar-refractivity contribution < 1.29 is 22.6 Å². The Morgan fingerprint density at radius 2 is 1.85 bits per heavy atom. The van der Waals surface area contributed by atoms with Gasteiger partial charge in [-0.25, -0.2) is 9.50 Å². The molecule has 0 unspecified atom stereocenters. The second-order valence-corrected chi connectivity index (χ2v) is 6.11. The first-order chi connectivity index (χ1) is 12.9. The molecule has 4 rings (SSSR count). The zero-order valence-corrected chi connectivity index (χ0v) is 14.6. The van der Waals surface area contributed by atoms with Gasteiger partial charge in [0.15, 0.2) is 18.2 Å². The van der Waals surface area contributed by atoms with Crippen LogP contribution in [0.25, 0.3) is 22.3 Å². The number of ether oxygens (including phenoxy) is 2. The lowest BCUT2D eigenvalue weighted by Crippen LogP contribution is -2.39. The summed E-state index contributed by atoms with van der Waals surface area (Å²) < 4.78 is 51.1. The Bertz CT molecular complexity index is 1000. The molecule has 1 saturated heterocycles. The second kappa shape index (κ2) is 6.47. The van der Waals surface area contributed by atoms with Crippen molar-refractivity contribution in [3.05, 3.63) is 60.1 Å². The van der Waals surface area contributed by atoms with Gasteiger partial charge in [0.25, 0.3) is 0 Å². The molecule has 0 N–H and O–H groups in total. The zero-order chi connectivity index (χ0) is 19.2. The van der Waals surface area contributed by atoms with Crippen LogP contribution in [0.5, 0.6) is 0 Å². The molecule has 1 aromatic carbocycles. The number of aromatic nitrogens is 3. The molecule has 27 heavy (non-hydrogen) atoms. The van der Waals surface area contributed by atoms with Gasteiger partial charge in [-0.3, -0.25) is 0 Å². The molecule has 5 nitrogen and oxygen atoms in total. The average Bonchev–Trinajstić information content (AvgIpc) is 3.05. The van der Waals surface area contributed by atoms with E-state index < -0.39 is 18.0 Å². The third-order valence-electron chi connectivity index (χ3n) is 4.42. The van der Waals surface area contributed by atoms with Gasteiger partial charge in [-0.1, -0.05) is 18.2 Å². The van der Waals surface area contributed by atoms with Crippen molar-refractivity contribution in [2.24, 2.45) is 0 Å². The summed E-state index contributed by atoms with van der Waals surface area (Å²) in [5.74, 6) is 0. The minimum Gasteiger partial charge on any atom is -0.319 e. The van der Waals surface area contributed by atoms with E-state index in [2.05, 4.69) is 10.1 Å². The number of fused-ring (bicyclic) bond motifs is 1. The molecule has 0 radical (unpaired) electrons. The molecule has 8 heteroatoms. The van der Waals surface area contributed by atoms with E-state index in [9.17, 15) is 13.2 Å². The highest BCUT2D eigenvalue weighted by molar-refractivity contribution is 5.79. The molecular formula is C19H16F3N3O2. The Balaban J connectivity index is 1.75. The Morgan fingerprint density at radius 1 is 1.15 bits per heavy atom. The van der Waals surface area contributed by atoms with E-state index in [0.29, 0.717) is 16.8 Å². The summed E-state index contributed by atoms with van der Waals surface area (Å²) in [6, 6.07) is 6.74. The minimum absolute atomic E-state index is 0.261. The number of alkyl halides is 3. The summed E-state index contributed by atoms with van der Waals surface area (Å²) in [6.07, 6.45) is -0.00789. The van der Waals surface area contributed by atoms with Crippen molar-refractivity contribution in [1.82, 2.24) is 14.6 Å². The van der Waals surface area contributed by atoms with Crippen molar-refractivity contribution in [1.29, 1.82) is 0 Å². The van der Waals surface area contributed by atoms with E-state index in [4.69, 9.17) is 9.47 Å². The summed E-state index contributed by atoms with van der Waals surface area (Å²) in [4.78, 5) is 4.35. The number of nitrogens with zero attached hydrogens (tertiary/aromatic N) is 3. The summed E-state index contributed by atoms with van der Waals surface area (Å²) in [5, 5.41) is 4.37. The fourth-order valence-electron chi connectivity index (χ4n) is 3.06. The molecule has 0 spiro atoms. The molecule has 0 bridgehead atoms. The van der Waals surface area contributed by atoms with Gasteiger partial charge >= 0.3 is 6.18 Å². The largest absolute Gasteiger partial charge is 0.416 e. The van der Waals surface area contributed by atoms with E-state index in [1.165, 1.54) is 12.1 Å². The van der Waals surface area contributed by atoms with Crippen LogP contribution in [0.4, 0.5) is 13.2 Å². The molecule has 2 aromatic heterocycles. The van der Waals surface area contributed by atoms with Crippen LogP contribution in [0.1, 0.15) is 25.1 Å². The molecule has 0 atom stereocenters. The predicted octanol–water partition coefficient (Wildman–Crippen LogP) is 4.54. The minimum atomic E-state index is -4.37. The van der Waals surface area contributed by atoms with E-state index in [0.717, 1.165) is 23.4 Å². The maximum absolute atomic E-state index is 12.8. The molecule has 1 fully saturated rings. The predicted molar refractivity (Wildman–Crippen MR) is 92.5 cm³/mol. The molecule has 3 aromatic rings. The van der Waals surface area contributed by atoms with Gasteiger partial charge in [-0.05, 0) is 37.6 Å². The molecule has 1 aliphatic rings. The highest BCUT2D eigenvalue weighted by Crippen LogP contribution is 2.33. The van der Waals surface area contributed by atoms with Crippen LogP contribution in [-0.4, -0.2) is 27.2 Å². The van der Waals surface area contributed by atoms with Gasteiger partial charge in [0, 0.05) is 17.3 Å². The first-order valence-electron chi connectivity index (χ1n) is 8.36. The molecule has 1 aliphatic heterocycles. The van der Waals surface area contributed by atoms with Crippen LogP contribution < -0.4 is 0 Å². The first kappa shape index (κ1) is 17.7. The summed E-state index contributed by atoms with van der Waals surface area (Å²) in [5.41, 5.74) is 2.65. The van der Waals surface area contributed by atoms with Crippen LogP contribution in [0.2, 0.25) is 0 Å². The Labute approximate surface area is 153 Å². The van der Waals surface area contributed by atoms with Crippen LogP contribution in [0.15, 0.2) is 48.8 Å². The number of hydrogen-bond acceptors (Lipinski definition) is 4. The van der Waals surface area contributed by atoms with Crippen LogP contribution in [0.3, 0.4) is 0 Å². The Kier molecular flexibility index (Phi) is 4.24. The lowest BCUT2D eigenvalue weighted by atomic mass is 10.1. The van der Waals surface area contributed by atoms with Crippen LogP contribution in [0, 0.1) is 0 Å². The summed E-state index contributed by atoms with van der Waals surface area (Å²) >= 11 is 0. The Hall–Kier alpha value is -2.71. The van der Waals surface area contributed by atoms with Crippen molar-refractivity contribution in [2.45, 2.75) is 32.6 Å². The smallest absolute Gasteiger partial charge is 0.319 e. The summed E-state index contributed by atoms with van der Waals surface area (Å²) in [6.45, 7) is 3.68. The van der Waals surface area contributed by atoms with Gasteiger partial charge in [0.2, 0.25) is 0 Å². The fraction of sp³-hybridized carbons (Fsp3) is 0.263.